The summed E-state index contributed by atoms with van der Waals surface area (Å²) in [4.78, 5) is 24.4. The fraction of sp³-hybridized carbons (Fsp3) is 0.833. The second-order valence-electron chi connectivity index (χ2n) is 4.73. The molecule has 0 saturated heterocycles. The molecule has 92 valence electrons. The molecule has 0 spiro atoms. The molecule has 1 saturated carbocycles. The van der Waals surface area contributed by atoms with Crippen molar-refractivity contribution in [1.29, 1.82) is 0 Å². The first-order valence-electron chi connectivity index (χ1n) is 6.05. The van der Waals surface area contributed by atoms with Gasteiger partial charge in [-0.25, -0.2) is 0 Å². The lowest BCUT2D eigenvalue weighted by atomic mass is 10.0. The standard InChI is InChI=1S/C12H21NO3/c1-3-6-13(10-4-5-10)11(14)7-9(2)8-12(15)16/h9-10H,3-8H2,1-2H3,(H,15,16). The number of carbonyl (C=O) groups is 2. The Morgan fingerprint density at radius 2 is 2.00 bits per heavy atom. The monoisotopic (exact) mass is 227 g/mol. The van der Waals surface area contributed by atoms with Gasteiger partial charge in [0.2, 0.25) is 5.91 Å². The zero-order chi connectivity index (χ0) is 12.1. The van der Waals surface area contributed by atoms with Crippen LogP contribution >= 0.6 is 0 Å². The van der Waals surface area contributed by atoms with Crippen LogP contribution in [0.5, 0.6) is 0 Å². The maximum absolute atomic E-state index is 11.9. The van der Waals surface area contributed by atoms with Crippen molar-refractivity contribution in [3.63, 3.8) is 0 Å². The normalized spacial score (nSPS) is 16.9. The first-order chi connectivity index (χ1) is 7.54. The van der Waals surface area contributed by atoms with Crippen molar-refractivity contribution >= 4 is 11.9 Å². The van der Waals surface area contributed by atoms with Gasteiger partial charge in [-0.05, 0) is 25.2 Å². The minimum atomic E-state index is -0.825. The van der Waals surface area contributed by atoms with Crippen LogP contribution in [0, 0.1) is 5.92 Å². The Kier molecular flexibility index (Phi) is 4.77. The van der Waals surface area contributed by atoms with E-state index in [1.54, 1.807) is 0 Å². The van der Waals surface area contributed by atoms with Gasteiger partial charge in [-0.1, -0.05) is 13.8 Å². The lowest BCUT2D eigenvalue weighted by Crippen LogP contribution is -2.34. The molecule has 0 aromatic rings. The maximum atomic E-state index is 11.9. The van der Waals surface area contributed by atoms with Crippen LogP contribution < -0.4 is 0 Å². The molecule has 0 radical (unpaired) electrons. The summed E-state index contributed by atoms with van der Waals surface area (Å²) in [6.45, 7) is 4.69. The Morgan fingerprint density at radius 3 is 2.44 bits per heavy atom. The minimum Gasteiger partial charge on any atom is -0.481 e. The molecule has 1 atom stereocenters. The molecule has 0 heterocycles. The Labute approximate surface area is 96.6 Å². The topological polar surface area (TPSA) is 57.6 Å². The van der Waals surface area contributed by atoms with Crippen LogP contribution in [0.2, 0.25) is 0 Å². The predicted molar refractivity (Wildman–Crippen MR) is 61.1 cm³/mol. The summed E-state index contributed by atoms with van der Waals surface area (Å²) in [7, 11) is 0. The molecule has 1 rings (SSSR count). The van der Waals surface area contributed by atoms with Gasteiger partial charge in [0.1, 0.15) is 0 Å². The van der Waals surface area contributed by atoms with Crippen molar-refractivity contribution in [2.24, 2.45) is 5.92 Å². The number of amides is 1. The van der Waals surface area contributed by atoms with Crippen LogP contribution in [0.3, 0.4) is 0 Å². The van der Waals surface area contributed by atoms with E-state index in [1.165, 1.54) is 0 Å². The second kappa shape index (κ2) is 5.87. The summed E-state index contributed by atoms with van der Waals surface area (Å²) in [5.74, 6) is -0.769. The van der Waals surface area contributed by atoms with E-state index in [1.807, 2.05) is 11.8 Å². The molecular formula is C12H21NO3. The van der Waals surface area contributed by atoms with Crippen molar-refractivity contribution in [2.75, 3.05) is 6.54 Å². The van der Waals surface area contributed by atoms with E-state index in [2.05, 4.69) is 6.92 Å². The van der Waals surface area contributed by atoms with E-state index in [0.29, 0.717) is 12.5 Å². The van der Waals surface area contributed by atoms with Gasteiger partial charge >= 0.3 is 5.97 Å². The maximum Gasteiger partial charge on any atom is 0.303 e. The molecule has 1 unspecified atom stereocenters. The number of rotatable bonds is 7. The van der Waals surface area contributed by atoms with E-state index in [0.717, 1.165) is 25.8 Å². The van der Waals surface area contributed by atoms with Crippen LogP contribution in [0.25, 0.3) is 0 Å². The summed E-state index contributed by atoms with van der Waals surface area (Å²) in [5, 5.41) is 8.64. The third kappa shape index (κ3) is 4.21. The van der Waals surface area contributed by atoms with Crippen LogP contribution in [0.1, 0.15) is 46.0 Å². The quantitative estimate of drug-likeness (QED) is 0.722. The Morgan fingerprint density at radius 1 is 1.38 bits per heavy atom. The van der Waals surface area contributed by atoms with Gasteiger partial charge in [0.15, 0.2) is 0 Å². The van der Waals surface area contributed by atoms with Gasteiger partial charge in [0, 0.05) is 25.4 Å². The number of carboxylic acids is 1. The summed E-state index contributed by atoms with van der Waals surface area (Å²) in [6, 6.07) is 0.435. The lowest BCUT2D eigenvalue weighted by molar-refractivity contribution is -0.138. The molecule has 1 amide bonds. The Balaban J connectivity index is 2.38. The number of nitrogens with zero attached hydrogens (tertiary/aromatic N) is 1. The van der Waals surface area contributed by atoms with Crippen molar-refractivity contribution in [2.45, 2.75) is 52.0 Å². The second-order valence-corrected chi connectivity index (χ2v) is 4.73. The van der Waals surface area contributed by atoms with E-state index < -0.39 is 5.97 Å². The number of carboxylic acid groups (broad SMARTS) is 1. The van der Waals surface area contributed by atoms with Gasteiger partial charge in [0.25, 0.3) is 0 Å². The fourth-order valence-electron chi connectivity index (χ4n) is 1.92. The largest absolute Gasteiger partial charge is 0.481 e. The highest BCUT2D eigenvalue weighted by Gasteiger charge is 2.32. The molecule has 0 aliphatic heterocycles. The molecule has 1 aliphatic rings. The molecule has 4 heteroatoms. The SMILES string of the molecule is CCCN(C(=O)CC(C)CC(=O)O)C1CC1. The molecule has 0 aromatic heterocycles. The van der Waals surface area contributed by atoms with Crippen LogP contribution in [-0.4, -0.2) is 34.5 Å². The molecule has 4 nitrogen and oxygen atoms in total. The van der Waals surface area contributed by atoms with Crippen molar-refractivity contribution < 1.29 is 14.7 Å². The molecule has 0 aromatic carbocycles. The van der Waals surface area contributed by atoms with E-state index >= 15 is 0 Å². The fourth-order valence-corrected chi connectivity index (χ4v) is 1.92. The first kappa shape index (κ1) is 13.0. The minimum absolute atomic E-state index is 0.0666. The van der Waals surface area contributed by atoms with Crippen molar-refractivity contribution in [3.05, 3.63) is 0 Å². The zero-order valence-electron chi connectivity index (χ0n) is 10.1. The highest BCUT2D eigenvalue weighted by atomic mass is 16.4. The average molecular weight is 227 g/mol. The molecular weight excluding hydrogens is 206 g/mol. The number of carbonyl (C=O) groups excluding carboxylic acids is 1. The summed E-state index contributed by atoms with van der Waals surface area (Å²) < 4.78 is 0. The number of hydrogen-bond acceptors (Lipinski definition) is 2. The average Bonchev–Trinajstić information content (AvgIpc) is 2.95. The van der Waals surface area contributed by atoms with Crippen LogP contribution in [-0.2, 0) is 9.59 Å². The molecule has 16 heavy (non-hydrogen) atoms. The smallest absolute Gasteiger partial charge is 0.303 e. The van der Waals surface area contributed by atoms with Crippen LogP contribution in [0.15, 0.2) is 0 Å². The molecule has 1 N–H and O–H groups in total. The predicted octanol–water partition coefficient (Wildman–Crippen LogP) is 1.89. The first-order valence-corrected chi connectivity index (χ1v) is 6.05. The van der Waals surface area contributed by atoms with Crippen molar-refractivity contribution in [3.8, 4) is 0 Å². The van der Waals surface area contributed by atoms with Crippen LogP contribution in [0.4, 0.5) is 0 Å². The van der Waals surface area contributed by atoms with Gasteiger partial charge in [-0.15, -0.1) is 0 Å². The molecule has 0 bridgehead atoms. The summed E-state index contributed by atoms with van der Waals surface area (Å²) >= 11 is 0. The van der Waals surface area contributed by atoms with E-state index in [-0.39, 0.29) is 18.2 Å². The third-order valence-corrected chi connectivity index (χ3v) is 2.82. The molecule has 1 aliphatic carbocycles. The van der Waals surface area contributed by atoms with Crippen molar-refractivity contribution in [1.82, 2.24) is 4.90 Å². The summed E-state index contributed by atoms with van der Waals surface area (Å²) in [6.07, 6.45) is 3.63. The Bertz CT molecular complexity index is 261. The van der Waals surface area contributed by atoms with Gasteiger partial charge in [-0.2, -0.15) is 0 Å². The molecule has 1 fully saturated rings. The highest BCUT2D eigenvalue weighted by Crippen LogP contribution is 2.28. The van der Waals surface area contributed by atoms with Gasteiger partial charge in [-0.3, -0.25) is 9.59 Å². The Hall–Kier alpha value is -1.06. The highest BCUT2D eigenvalue weighted by molar-refractivity contribution is 5.78. The number of hydrogen-bond donors (Lipinski definition) is 1. The van der Waals surface area contributed by atoms with Gasteiger partial charge < -0.3 is 10.0 Å². The zero-order valence-corrected chi connectivity index (χ0v) is 10.1. The summed E-state index contributed by atoms with van der Waals surface area (Å²) in [5.41, 5.74) is 0. The van der Waals surface area contributed by atoms with E-state index in [4.69, 9.17) is 5.11 Å². The van der Waals surface area contributed by atoms with E-state index in [9.17, 15) is 9.59 Å². The number of aliphatic carboxylic acids is 1. The van der Waals surface area contributed by atoms with Gasteiger partial charge in [0.05, 0.1) is 0 Å². The lowest BCUT2D eigenvalue weighted by Gasteiger charge is -2.23. The third-order valence-electron chi connectivity index (χ3n) is 2.82.